The van der Waals surface area contributed by atoms with E-state index in [0.29, 0.717) is 16.5 Å². The zero-order valence-corrected chi connectivity index (χ0v) is 16.8. The van der Waals surface area contributed by atoms with E-state index >= 15 is 0 Å². The van der Waals surface area contributed by atoms with Crippen molar-refractivity contribution in [3.63, 3.8) is 0 Å². The highest BCUT2D eigenvalue weighted by atomic mass is 35.5. The third-order valence-electron chi connectivity index (χ3n) is 3.75. The molecule has 0 saturated carbocycles. The van der Waals surface area contributed by atoms with Crippen molar-refractivity contribution in [2.45, 2.75) is 6.54 Å². The average molecular weight is 413 g/mol. The quantitative estimate of drug-likeness (QED) is 0.719. The maximum Gasteiger partial charge on any atom is 0.241 e. The van der Waals surface area contributed by atoms with Gasteiger partial charge in [-0.2, -0.15) is 0 Å². The first-order chi connectivity index (χ1) is 12.7. The molecule has 0 aromatic heterocycles. The summed E-state index contributed by atoms with van der Waals surface area (Å²) in [4.78, 5) is 12.4. The molecule has 0 atom stereocenters. The van der Waals surface area contributed by atoms with E-state index < -0.39 is 22.5 Å². The van der Waals surface area contributed by atoms with Crippen molar-refractivity contribution < 1.29 is 22.7 Å². The number of amides is 1. The summed E-state index contributed by atoms with van der Waals surface area (Å²) in [5, 5.41) is 3.29. The number of nitrogens with one attached hydrogen (secondary N) is 1. The SMILES string of the molecule is COc1ccc(OC)c(N(CC(=O)NCc2ccc(Cl)cc2)S(C)(=O)=O)c1. The van der Waals surface area contributed by atoms with Crippen molar-refractivity contribution in [2.24, 2.45) is 0 Å². The van der Waals surface area contributed by atoms with Crippen LogP contribution in [-0.4, -0.2) is 41.3 Å². The van der Waals surface area contributed by atoms with E-state index in [1.807, 2.05) is 0 Å². The molecule has 1 amide bonds. The molecule has 2 aromatic carbocycles. The van der Waals surface area contributed by atoms with Gasteiger partial charge in [0.15, 0.2) is 0 Å². The van der Waals surface area contributed by atoms with Crippen molar-refractivity contribution in [1.82, 2.24) is 5.32 Å². The Labute approximate surface area is 163 Å². The highest BCUT2D eigenvalue weighted by Crippen LogP contribution is 2.33. The third kappa shape index (κ3) is 5.77. The molecule has 0 aliphatic carbocycles. The summed E-state index contributed by atoms with van der Waals surface area (Å²) in [6.45, 7) is -0.140. The first kappa shape index (κ1) is 20.9. The van der Waals surface area contributed by atoms with Crippen LogP contribution in [0.5, 0.6) is 11.5 Å². The van der Waals surface area contributed by atoms with E-state index in [-0.39, 0.29) is 12.2 Å². The van der Waals surface area contributed by atoms with Crippen LogP contribution < -0.4 is 19.1 Å². The van der Waals surface area contributed by atoms with E-state index in [1.54, 1.807) is 36.4 Å². The second-order valence-electron chi connectivity index (χ2n) is 5.71. The van der Waals surface area contributed by atoms with Crippen LogP contribution in [0.25, 0.3) is 0 Å². The Morgan fingerprint density at radius 3 is 2.33 bits per heavy atom. The zero-order chi connectivity index (χ0) is 20.0. The lowest BCUT2D eigenvalue weighted by Gasteiger charge is -2.24. The molecule has 1 N–H and O–H groups in total. The van der Waals surface area contributed by atoms with E-state index in [9.17, 15) is 13.2 Å². The van der Waals surface area contributed by atoms with Crippen molar-refractivity contribution in [1.29, 1.82) is 0 Å². The first-order valence-corrected chi connectivity index (χ1v) is 10.2. The number of carbonyl (C=O) groups is 1. The Balaban J connectivity index is 2.20. The molecule has 27 heavy (non-hydrogen) atoms. The fraction of sp³-hybridized carbons (Fsp3) is 0.278. The number of benzene rings is 2. The number of hydrogen-bond acceptors (Lipinski definition) is 5. The normalized spacial score (nSPS) is 11.0. The summed E-state index contributed by atoms with van der Waals surface area (Å²) in [5.41, 5.74) is 1.07. The van der Waals surface area contributed by atoms with Gasteiger partial charge >= 0.3 is 0 Å². The van der Waals surface area contributed by atoms with Crippen LogP contribution >= 0.6 is 11.6 Å². The summed E-state index contributed by atoms with van der Waals surface area (Å²) in [5.74, 6) is 0.299. The molecule has 7 nitrogen and oxygen atoms in total. The van der Waals surface area contributed by atoms with Gasteiger partial charge in [-0.05, 0) is 29.8 Å². The molecule has 0 radical (unpaired) electrons. The molecule has 0 fully saturated rings. The summed E-state index contributed by atoms with van der Waals surface area (Å²) in [7, 11) is -0.849. The van der Waals surface area contributed by atoms with Gasteiger partial charge in [-0.15, -0.1) is 0 Å². The molecule has 0 bridgehead atoms. The predicted octanol–water partition coefficient (Wildman–Crippen LogP) is 2.44. The highest BCUT2D eigenvalue weighted by Gasteiger charge is 2.24. The monoisotopic (exact) mass is 412 g/mol. The van der Waals surface area contributed by atoms with Crippen LogP contribution in [0.15, 0.2) is 42.5 Å². The van der Waals surface area contributed by atoms with Gasteiger partial charge in [-0.3, -0.25) is 9.10 Å². The molecule has 0 aliphatic heterocycles. The molecule has 0 spiro atoms. The number of nitrogens with zero attached hydrogens (tertiary/aromatic N) is 1. The lowest BCUT2D eigenvalue weighted by atomic mass is 10.2. The van der Waals surface area contributed by atoms with E-state index in [2.05, 4.69) is 5.32 Å². The smallest absolute Gasteiger partial charge is 0.241 e. The van der Waals surface area contributed by atoms with Crippen LogP contribution in [0.3, 0.4) is 0 Å². The van der Waals surface area contributed by atoms with Crippen LogP contribution in [0, 0.1) is 0 Å². The van der Waals surface area contributed by atoms with Gasteiger partial charge in [-0.1, -0.05) is 23.7 Å². The summed E-state index contributed by atoms with van der Waals surface area (Å²) >= 11 is 5.83. The Bertz CT molecular complexity index is 900. The standard InChI is InChI=1S/C18H21ClN2O5S/c1-25-15-8-9-17(26-2)16(10-15)21(27(3,23)24)12-18(22)20-11-13-4-6-14(19)7-5-13/h4-10H,11-12H2,1-3H3,(H,20,22). The molecular weight excluding hydrogens is 392 g/mol. The van der Waals surface area contributed by atoms with Gasteiger partial charge < -0.3 is 14.8 Å². The zero-order valence-electron chi connectivity index (χ0n) is 15.2. The Morgan fingerprint density at radius 2 is 1.78 bits per heavy atom. The molecule has 0 aliphatic rings. The van der Waals surface area contributed by atoms with Gasteiger partial charge in [-0.25, -0.2) is 8.42 Å². The molecule has 2 aromatic rings. The number of hydrogen-bond donors (Lipinski definition) is 1. The molecule has 0 unspecified atom stereocenters. The maximum absolute atomic E-state index is 12.4. The summed E-state index contributed by atoms with van der Waals surface area (Å²) in [6.07, 6.45) is 1.03. The molecular formula is C18H21ClN2O5S. The maximum atomic E-state index is 12.4. The van der Waals surface area contributed by atoms with Crippen LogP contribution in [0.2, 0.25) is 5.02 Å². The van der Waals surface area contributed by atoms with Crippen molar-refractivity contribution >= 4 is 33.2 Å². The highest BCUT2D eigenvalue weighted by molar-refractivity contribution is 7.92. The second kappa shape index (κ2) is 8.96. The number of halogens is 1. The largest absolute Gasteiger partial charge is 0.497 e. The lowest BCUT2D eigenvalue weighted by Crippen LogP contribution is -2.40. The predicted molar refractivity (Wildman–Crippen MR) is 105 cm³/mol. The molecule has 146 valence electrons. The van der Waals surface area contributed by atoms with Gasteiger partial charge in [0.2, 0.25) is 15.9 Å². The van der Waals surface area contributed by atoms with Gasteiger partial charge in [0, 0.05) is 17.6 Å². The van der Waals surface area contributed by atoms with Crippen molar-refractivity contribution in [2.75, 3.05) is 31.3 Å². The first-order valence-electron chi connectivity index (χ1n) is 7.95. The second-order valence-corrected chi connectivity index (χ2v) is 8.05. The molecule has 0 saturated heterocycles. The number of carbonyl (C=O) groups excluding carboxylic acids is 1. The van der Waals surface area contributed by atoms with E-state index in [0.717, 1.165) is 16.1 Å². The topological polar surface area (TPSA) is 84.9 Å². The van der Waals surface area contributed by atoms with E-state index in [1.165, 1.54) is 20.3 Å². The number of anilines is 1. The van der Waals surface area contributed by atoms with Crippen molar-refractivity contribution in [3.8, 4) is 11.5 Å². The lowest BCUT2D eigenvalue weighted by molar-refractivity contribution is -0.119. The Kier molecular flexibility index (Phi) is 6.92. The fourth-order valence-corrected chi connectivity index (χ4v) is 3.34. The molecule has 0 heterocycles. The van der Waals surface area contributed by atoms with Crippen LogP contribution in [0.4, 0.5) is 5.69 Å². The Morgan fingerprint density at radius 1 is 1.11 bits per heavy atom. The van der Waals surface area contributed by atoms with Crippen LogP contribution in [0.1, 0.15) is 5.56 Å². The Hall–Kier alpha value is -2.45. The van der Waals surface area contributed by atoms with E-state index in [4.69, 9.17) is 21.1 Å². The van der Waals surface area contributed by atoms with Crippen molar-refractivity contribution in [3.05, 3.63) is 53.1 Å². The fourth-order valence-electron chi connectivity index (χ4n) is 2.36. The third-order valence-corrected chi connectivity index (χ3v) is 5.12. The number of methoxy groups -OCH3 is 2. The summed E-state index contributed by atoms with van der Waals surface area (Å²) in [6, 6.07) is 11.7. The average Bonchev–Trinajstić information content (AvgIpc) is 2.64. The van der Waals surface area contributed by atoms with Gasteiger partial charge in [0.05, 0.1) is 26.2 Å². The number of rotatable bonds is 8. The number of sulfonamides is 1. The number of ether oxygens (including phenoxy) is 2. The van der Waals surface area contributed by atoms with Gasteiger partial charge in [0.1, 0.15) is 18.0 Å². The van der Waals surface area contributed by atoms with Gasteiger partial charge in [0.25, 0.3) is 0 Å². The molecule has 2 rings (SSSR count). The minimum absolute atomic E-state index is 0.223. The summed E-state index contributed by atoms with van der Waals surface area (Å²) < 4.78 is 35.9. The van der Waals surface area contributed by atoms with Crippen LogP contribution in [-0.2, 0) is 21.4 Å². The molecule has 9 heteroatoms. The minimum Gasteiger partial charge on any atom is -0.497 e. The minimum atomic E-state index is -3.74.